The number of H-pyrrole nitrogens is 1. The van der Waals surface area contributed by atoms with Gasteiger partial charge < -0.3 is 19.5 Å². The van der Waals surface area contributed by atoms with Gasteiger partial charge in [0.2, 0.25) is 0 Å². The fourth-order valence-corrected chi connectivity index (χ4v) is 3.07. The molecule has 3 heterocycles. The number of ether oxygens (including phenoxy) is 1. The highest BCUT2D eigenvalue weighted by atomic mass is 16.5. The molecule has 0 aliphatic carbocycles. The van der Waals surface area contributed by atoms with Crippen LogP contribution in [0.3, 0.4) is 0 Å². The number of nitrogens with zero attached hydrogens (tertiary/aromatic N) is 2. The van der Waals surface area contributed by atoms with E-state index in [1.807, 2.05) is 0 Å². The summed E-state index contributed by atoms with van der Waals surface area (Å²) in [5.74, 6) is 1.65. The minimum atomic E-state index is -0.0174. The average Bonchev–Trinajstić information content (AvgIpc) is 2.85. The molecule has 2 aliphatic rings. The van der Waals surface area contributed by atoms with Gasteiger partial charge in [0.25, 0.3) is 5.56 Å². The zero-order valence-corrected chi connectivity index (χ0v) is 12.3. The van der Waals surface area contributed by atoms with E-state index in [1.54, 1.807) is 6.07 Å². The van der Waals surface area contributed by atoms with Gasteiger partial charge in [-0.15, -0.1) is 0 Å². The van der Waals surface area contributed by atoms with Gasteiger partial charge >= 0.3 is 0 Å². The van der Waals surface area contributed by atoms with E-state index in [4.69, 9.17) is 4.74 Å². The second-order valence-corrected chi connectivity index (χ2v) is 6.06. The van der Waals surface area contributed by atoms with Crippen LogP contribution in [0.2, 0.25) is 0 Å². The van der Waals surface area contributed by atoms with Crippen LogP contribution in [0.5, 0.6) is 0 Å². The van der Waals surface area contributed by atoms with Crippen LogP contribution < -0.4 is 15.4 Å². The average molecular weight is 277 g/mol. The SMILES string of the molecule is C[C@H]1CCN(c2cc(N3CCO[C@H](C)C3)cc(=O)[nH]2)C1. The monoisotopic (exact) mass is 277 g/mol. The second kappa shape index (κ2) is 5.48. The summed E-state index contributed by atoms with van der Waals surface area (Å²) in [7, 11) is 0. The molecule has 2 fully saturated rings. The molecule has 5 heteroatoms. The van der Waals surface area contributed by atoms with Crippen molar-refractivity contribution in [3.05, 3.63) is 22.5 Å². The van der Waals surface area contributed by atoms with Gasteiger partial charge in [0.05, 0.1) is 12.7 Å². The summed E-state index contributed by atoms with van der Waals surface area (Å²) in [6, 6.07) is 3.80. The summed E-state index contributed by atoms with van der Waals surface area (Å²) >= 11 is 0. The van der Waals surface area contributed by atoms with Crippen molar-refractivity contribution in [2.24, 2.45) is 5.92 Å². The molecule has 0 saturated carbocycles. The summed E-state index contributed by atoms with van der Waals surface area (Å²) in [6.07, 6.45) is 1.42. The van der Waals surface area contributed by atoms with Crippen LogP contribution in [-0.4, -0.2) is 43.9 Å². The quantitative estimate of drug-likeness (QED) is 0.889. The third-order valence-electron chi connectivity index (χ3n) is 4.19. The number of anilines is 2. The first-order chi connectivity index (χ1) is 9.61. The van der Waals surface area contributed by atoms with Gasteiger partial charge in [-0.05, 0) is 19.3 Å². The third-order valence-corrected chi connectivity index (χ3v) is 4.19. The first-order valence-corrected chi connectivity index (χ1v) is 7.47. The third kappa shape index (κ3) is 2.82. The normalized spacial score (nSPS) is 27.1. The molecule has 20 heavy (non-hydrogen) atoms. The molecular weight excluding hydrogens is 254 g/mol. The maximum Gasteiger partial charge on any atom is 0.251 e. The molecule has 1 aromatic heterocycles. The van der Waals surface area contributed by atoms with Crippen molar-refractivity contribution < 1.29 is 4.74 Å². The predicted octanol–water partition coefficient (Wildman–Crippen LogP) is 1.45. The minimum Gasteiger partial charge on any atom is -0.375 e. The van der Waals surface area contributed by atoms with Crippen LogP contribution in [-0.2, 0) is 4.74 Å². The predicted molar refractivity (Wildman–Crippen MR) is 80.7 cm³/mol. The molecule has 3 rings (SSSR count). The lowest BCUT2D eigenvalue weighted by Crippen LogP contribution is -2.41. The van der Waals surface area contributed by atoms with E-state index in [9.17, 15) is 4.79 Å². The summed E-state index contributed by atoms with van der Waals surface area (Å²) in [6.45, 7) is 8.81. The summed E-state index contributed by atoms with van der Waals surface area (Å²) in [4.78, 5) is 19.4. The number of rotatable bonds is 2. The molecule has 1 aromatic rings. The summed E-state index contributed by atoms with van der Waals surface area (Å²) < 4.78 is 5.57. The molecule has 110 valence electrons. The molecule has 1 N–H and O–H groups in total. The Morgan fingerprint density at radius 2 is 2.05 bits per heavy atom. The van der Waals surface area contributed by atoms with E-state index < -0.39 is 0 Å². The maximum atomic E-state index is 11.9. The highest BCUT2D eigenvalue weighted by Crippen LogP contribution is 2.25. The maximum absolute atomic E-state index is 11.9. The Labute approximate surface area is 119 Å². The Hall–Kier alpha value is -1.49. The first-order valence-electron chi connectivity index (χ1n) is 7.47. The van der Waals surface area contributed by atoms with Crippen molar-refractivity contribution in [2.45, 2.75) is 26.4 Å². The van der Waals surface area contributed by atoms with E-state index in [1.165, 1.54) is 6.42 Å². The van der Waals surface area contributed by atoms with Gasteiger partial charge in [-0.1, -0.05) is 6.92 Å². The van der Waals surface area contributed by atoms with Crippen molar-refractivity contribution in [2.75, 3.05) is 42.6 Å². The highest BCUT2D eigenvalue weighted by molar-refractivity contribution is 5.55. The number of aromatic amines is 1. The van der Waals surface area contributed by atoms with Crippen molar-refractivity contribution in [3.63, 3.8) is 0 Å². The molecular formula is C15H23N3O2. The fraction of sp³-hybridized carbons (Fsp3) is 0.667. The van der Waals surface area contributed by atoms with Crippen LogP contribution in [0.4, 0.5) is 11.5 Å². The Kier molecular flexibility index (Phi) is 3.70. The Bertz CT molecular complexity index is 528. The molecule has 0 unspecified atom stereocenters. The molecule has 0 bridgehead atoms. The fourth-order valence-electron chi connectivity index (χ4n) is 3.07. The van der Waals surface area contributed by atoms with Crippen molar-refractivity contribution in [1.29, 1.82) is 0 Å². The molecule has 0 aromatic carbocycles. The van der Waals surface area contributed by atoms with Gasteiger partial charge in [-0.25, -0.2) is 0 Å². The second-order valence-electron chi connectivity index (χ2n) is 6.06. The lowest BCUT2D eigenvalue weighted by molar-refractivity contribution is 0.0532. The van der Waals surface area contributed by atoms with Gasteiger partial charge in [0.15, 0.2) is 0 Å². The minimum absolute atomic E-state index is 0.0174. The molecule has 2 saturated heterocycles. The van der Waals surface area contributed by atoms with Crippen molar-refractivity contribution in [1.82, 2.24) is 4.98 Å². The van der Waals surface area contributed by atoms with Crippen molar-refractivity contribution >= 4 is 11.5 Å². The number of nitrogens with one attached hydrogen (secondary N) is 1. The van der Waals surface area contributed by atoms with E-state index in [0.717, 1.165) is 44.3 Å². The standard InChI is InChI=1S/C15H23N3O2/c1-11-3-4-18(9-11)14-7-13(8-15(19)16-14)17-5-6-20-12(2)10-17/h7-8,11-12H,3-6,9-10H2,1-2H3,(H,16,19)/t11-,12+/m0/s1. The van der Waals surface area contributed by atoms with E-state index in [2.05, 4.69) is 34.7 Å². The van der Waals surface area contributed by atoms with E-state index in [-0.39, 0.29) is 11.7 Å². The number of aromatic nitrogens is 1. The zero-order valence-electron chi connectivity index (χ0n) is 12.3. The molecule has 5 nitrogen and oxygen atoms in total. The van der Waals surface area contributed by atoms with Crippen LogP contribution in [0.1, 0.15) is 20.3 Å². The smallest absolute Gasteiger partial charge is 0.251 e. The molecule has 0 spiro atoms. The lowest BCUT2D eigenvalue weighted by atomic mass is 10.2. The van der Waals surface area contributed by atoms with Crippen molar-refractivity contribution in [3.8, 4) is 0 Å². The van der Waals surface area contributed by atoms with Crippen LogP contribution in [0.15, 0.2) is 16.9 Å². The lowest BCUT2D eigenvalue weighted by Gasteiger charge is -2.33. The number of hydrogen-bond acceptors (Lipinski definition) is 4. The molecule has 0 amide bonds. The molecule has 2 aliphatic heterocycles. The Morgan fingerprint density at radius 3 is 2.75 bits per heavy atom. The van der Waals surface area contributed by atoms with Gasteiger partial charge in [0.1, 0.15) is 5.82 Å². The van der Waals surface area contributed by atoms with Crippen LogP contribution in [0, 0.1) is 5.92 Å². The van der Waals surface area contributed by atoms with E-state index >= 15 is 0 Å². The summed E-state index contributed by atoms with van der Waals surface area (Å²) in [5, 5.41) is 0. The molecule has 2 atom stereocenters. The van der Waals surface area contributed by atoms with Gasteiger partial charge in [-0.2, -0.15) is 0 Å². The van der Waals surface area contributed by atoms with Gasteiger partial charge in [0, 0.05) is 44.0 Å². The zero-order chi connectivity index (χ0) is 14.1. The largest absolute Gasteiger partial charge is 0.375 e. The highest BCUT2D eigenvalue weighted by Gasteiger charge is 2.22. The number of morpholine rings is 1. The van der Waals surface area contributed by atoms with Gasteiger partial charge in [-0.3, -0.25) is 4.79 Å². The summed E-state index contributed by atoms with van der Waals surface area (Å²) in [5.41, 5.74) is 0.995. The number of hydrogen-bond donors (Lipinski definition) is 1. The van der Waals surface area contributed by atoms with E-state index in [0.29, 0.717) is 5.92 Å². The Morgan fingerprint density at radius 1 is 1.20 bits per heavy atom. The van der Waals surface area contributed by atoms with Crippen LogP contribution >= 0.6 is 0 Å². The topological polar surface area (TPSA) is 48.6 Å². The Balaban J connectivity index is 1.84. The van der Waals surface area contributed by atoms with Crippen LogP contribution in [0.25, 0.3) is 0 Å². The molecule has 0 radical (unpaired) electrons. The first kappa shape index (κ1) is 13.5. The number of pyridine rings is 1.